The summed E-state index contributed by atoms with van der Waals surface area (Å²) in [5, 5.41) is 18.0. The third-order valence-electron chi connectivity index (χ3n) is 2.13. The van der Waals surface area contributed by atoms with Crippen molar-refractivity contribution in [1.82, 2.24) is 0 Å². The van der Waals surface area contributed by atoms with Crippen LogP contribution in [0.15, 0.2) is 36.8 Å². The lowest BCUT2D eigenvalue weighted by atomic mass is 9.97. The van der Waals surface area contributed by atoms with Gasteiger partial charge in [0.1, 0.15) is 0 Å². The first-order valence-electron chi connectivity index (χ1n) is 4.38. The third-order valence-corrected chi connectivity index (χ3v) is 2.13. The molecule has 0 spiro atoms. The molecule has 0 aliphatic heterocycles. The maximum Gasteiger partial charge on any atom is 0.277 e. The number of allylic oxidation sites excluding steroid dienone is 2. The van der Waals surface area contributed by atoms with Crippen LogP contribution in [-0.4, -0.2) is 10.2 Å². The van der Waals surface area contributed by atoms with E-state index in [-0.39, 0.29) is 0 Å². The van der Waals surface area contributed by atoms with Crippen molar-refractivity contribution >= 4 is 11.1 Å². The first kappa shape index (κ1) is 10.4. The summed E-state index contributed by atoms with van der Waals surface area (Å²) in [5.41, 5.74) is 3.11. The van der Waals surface area contributed by atoms with E-state index in [4.69, 9.17) is 10.2 Å². The molecule has 0 aliphatic carbocycles. The maximum absolute atomic E-state index is 8.99. The molecule has 0 unspecified atom stereocenters. The lowest BCUT2D eigenvalue weighted by Crippen LogP contribution is -1.92. The minimum absolute atomic E-state index is 0.462. The fraction of sp³-hybridized carbons (Fsp3) is 0.167. The Balaban J connectivity index is 3.35. The van der Waals surface area contributed by atoms with Crippen molar-refractivity contribution in [2.45, 2.75) is 13.8 Å². The Hall–Kier alpha value is -1.70. The van der Waals surface area contributed by atoms with Crippen LogP contribution in [0.3, 0.4) is 0 Å². The molecule has 2 N–H and O–H groups in total. The van der Waals surface area contributed by atoms with Gasteiger partial charge in [-0.25, -0.2) is 0 Å². The summed E-state index contributed by atoms with van der Waals surface area (Å²) in [5.74, 6) is -0.640. The van der Waals surface area contributed by atoms with E-state index in [9.17, 15) is 0 Å². The fourth-order valence-electron chi connectivity index (χ4n) is 1.30. The quantitative estimate of drug-likeness (QED) is 0.700. The predicted octanol–water partition coefficient (Wildman–Crippen LogP) is 3.52. The summed E-state index contributed by atoms with van der Waals surface area (Å²) >= 11 is 0. The van der Waals surface area contributed by atoms with Crippen LogP contribution >= 0.6 is 0 Å². The molecule has 0 saturated carbocycles. The van der Waals surface area contributed by atoms with Gasteiger partial charge in [-0.05, 0) is 25.0 Å². The molecule has 1 rings (SSSR count). The van der Waals surface area contributed by atoms with E-state index < -0.39 is 5.95 Å². The first-order chi connectivity index (χ1) is 6.54. The summed E-state index contributed by atoms with van der Waals surface area (Å²) in [4.78, 5) is 0. The molecule has 2 nitrogen and oxygen atoms in total. The van der Waals surface area contributed by atoms with Crippen molar-refractivity contribution in [3.05, 3.63) is 47.9 Å². The summed E-state index contributed by atoms with van der Waals surface area (Å²) in [7, 11) is 0. The van der Waals surface area contributed by atoms with Crippen LogP contribution in [0.5, 0.6) is 0 Å². The molecule has 0 aromatic heterocycles. The molecule has 0 saturated heterocycles. The van der Waals surface area contributed by atoms with E-state index in [1.54, 1.807) is 6.92 Å². The molecule has 0 atom stereocenters. The van der Waals surface area contributed by atoms with Gasteiger partial charge in [-0.2, -0.15) is 0 Å². The van der Waals surface area contributed by atoms with Gasteiger partial charge in [-0.3, -0.25) is 0 Å². The molecule has 74 valence electrons. The molecular formula is C12H14O2. The van der Waals surface area contributed by atoms with E-state index in [1.807, 2.05) is 31.2 Å². The van der Waals surface area contributed by atoms with E-state index in [0.717, 1.165) is 16.7 Å². The second-order valence-electron chi connectivity index (χ2n) is 3.27. The van der Waals surface area contributed by atoms with Crippen LogP contribution in [0.1, 0.15) is 25.0 Å². The number of hydrogen-bond acceptors (Lipinski definition) is 2. The van der Waals surface area contributed by atoms with Crippen LogP contribution in [0, 0.1) is 0 Å². The summed E-state index contributed by atoms with van der Waals surface area (Å²) < 4.78 is 0. The lowest BCUT2D eigenvalue weighted by molar-refractivity contribution is 0.194. The predicted molar refractivity (Wildman–Crippen MR) is 59.0 cm³/mol. The third kappa shape index (κ3) is 1.96. The number of aliphatic hydroxyl groups excluding tert-OH is 1. The number of rotatable bonds is 2. The van der Waals surface area contributed by atoms with Gasteiger partial charge >= 0.3 is 0 Å². The largest absolute Gasteiger partial charge is 0.481 e. The van der Waals surface area contributed by atoms with E-state index in [2.05, 4.69) is 6.58 Å². The van der Waals surface area contributed by atoms with Crippen molar-refractivity contribution in [1.29, 1.82) is 0 Å². The molecule has 0 aliphatic rings. The fourth-order valence-corrected chi connectivity index (χ4v) is 1.30. The van der Waals surface area contributed by atoms with Gasteiger partial charge < -0.3 is 10.2 Å². The normalized spacial score (nSPS) is 9.57. The van der Waals surface area contributed by atoms with Crippen molar-refractivity contribution in [3.8, 4) is 0 Å². The van der Waals surface area contributed by atoms with Crippen molar-refractivity contribution in [2.75, 3.05) is 0 Å². The number of benzene rings is 1. The zero-order valence-corrected chi connectivity index (χ0v) is 8.41. The molecule has 0 bridgehead atoms. The van der Waals surface area contributed by atoms with Gasteiger partial charge in [0.25, 0.3) is 5.95 Å². The van der Waals surface area contributed by atoms with Crippen LogP contribution in [0.4, 0.5) is 0 Å². The highest BCUT2D eigenvalue weighted by Crippen LogP contribution is 2.24. The molecule has 0 fully saturated rings. The monoisotopic (exact) mass is 190 g/mol. The molecule has 0 radical (unpaired) electrons. The average molecular weight is 190 g/mol. The van der Waals surface area contributed by atoms with Crippen LogP contribution in [-0.2, 0) is 0 Å². The second-order valence-corrected chi connectivity index (χ2v) is 3.27. The average Bonchev–Trinajstić information content (AvgIpc) is 2.16. The molecule has 0 heterocycles. The van der Waals surface area contributed by atoms with Gasteiger partial charge in [0.15, 0.2) is 0 Å². The Bertz CT molecular complexity index is 385. The Kier molecular flexibility index (Phi) is 2.97. The van der Waals surface area contributed by atoms with Crippen LogP contribution in [0.25, 0.3) is 11.1 Å². The van der Waals surface area contributed by atoms with Gasteiger partial charge in [-0.15, -0.1) is 0 Å². The topological polar surface area (TPSA) is 40.5 Å². The van der Waals surface area contributed by atoms with Gasteiger partial charge in [0.05, 0.1) is 0 Å². The Morgan fingerprint density at radius 2 is 1.57 bits per heavy atom. The zero-order valence-electron chi connectivity index (χ0n) is 8.41. The Labute approximate surface area is 83.8 Å². The van der Waals surface area contributed by atoms with Crippen molar-refractivity contribution < 1.29 is 10.2 Å². The molecule has 14 heavy (non-hydrogen) atoms. The van der Waals surface area contributed by atoms with Crippen LogP contribution < -0.4 is 0 Å². The minimum atomic E-state index is -0.640. The molecule has 1 aromatic rings. The van der Waals surface area contributed by atoms with E-state index in [1.165, 1.54) is 0 Å². The molecule has 1 aromatic carbocycles. The minimum Gasteiger partial charge on any atom is -0.481 e. The Morgan fingerprint density at radius 1 is 1.07 bits per heavy atom. The smallest absolute Gasteiger partial charge is 0.277 e. The highest BCUT2D eigenvalue weighted by atomic mass is 16.5. The highest BCUT2D eigenvalue weighted by molar-refractivity contribution is 5.77. The lowest BCUT2D eigenvalue weighted by Gasteiger charge is -2.08. The zero-order chi connectivity index (χ0) is 10.7. The van der Waals surface area contributed by atoms with Crippen LogP contribution in [0.2, 0.25) is 0 Å². The summed E-state index contributed by atoms with van der Waals surface area (Å²) in [6.45, 7) is 7.40. The SMILES string of the molecule is C=C(C)c1ccccc1C(C)=C(O)O. The number of aliphatic hydroxyl groups is 2. The molecule has 2 heteroatoms. The highest BCUT2D eigenvalue weighted by Gasteiger charge is 2.07. The molecular weight excluding hydrogens is 176 g/mol. The van der Waals surface area contributed by atoms with Gasteiger partial charge in [0, 0.05) is 5.57 Å². The number of hydrogen-bond donors (Lipinski definition) is 2. The Morgan fingerprint density at radius 3 is 2.00 bits per heavy atom. The molecule has 0 amide bonds. The summed E-state index contributed by atoms with van der Waals surface area (Å²) in [6, 6.07) is 7.50. The standard InChI is InChI=1S/C12H14O2/c1-8(2)10-6-4-5-7-11(10)9(3)12(13)14/h4-7,13-14H,1H2,2-3H3. The van der Waals surface area contributed by atoms with E-state index in [0.29, 0.717) is 5.57 Å². The second kappa shape index (κ2) is 4.01. The first-order valence-corrected chi connectivity index (χ1v) is 4.38. The van der Waals surface area contributed by atoms with Crippen molar-refractivity contribution in [2.24, 2.45) is 0 Å². The van der Waals surface area contributed by atoms with Crippen molar-refractivity contribution in [3.63, 3.8) is 0 Å². The maximum atomic E-state index is 8.99. The van der Waals surface area contributed by atoms with E-state index >= 15 is 0 Å². The summed E-state index contributed by atoms with van der Waals surface area (Å²) in [6.07, 6.45) is 0. The van der Waals surface area contributed by atoms with Gasteiger partial charge in [-0.1, -0.05) is 36.4 Å². The van der Waals surface area contributed by atoms with Gasteiger partial charge in [0.2, 0.25) is 0 Å².